The topological polar surface area (TPSA) is 41.8 Å². The summed E-state index contributed by atoms with van der Waals surface area (Å²) >= 11 is 0. The summed E-state index contributed by atoms with van der Waals surface area (Å²) in [6, 6.07) is 14.4. The normalized spacial score (nSPS) is 15.6. The molecule has 1 aliphatic rings. The first-order chi connectivity index (χ1) is 12.3. The number of rotatable bonds is 4. The molecule has 0 atom stereocenters. The zero-order chi connectivity index (χ0) is 17.2. The molecule has 0 unspecified atom stereocenters. The summed E-state index contributed by atoms with van der Waals surface area (Å²) in [4.78, 5) is 7.45. The van der Waals surface area contributed by atoms with Gasteiger partial charge < -0.3 is 10.1 Å². The van der Waals surface area contributed by atoms with Crippen LogP contribution in [-0.2, 0) is 6.54 Å². The highest BCUT2D eigenvalue weighted by Crippen LogP contribution is 2.33. The van der Waals surface area contributed by atoms with Crippen molar-refractivity contribution >= 4 is 5.65 Å². The summed E-state index contributed by atoms with van der Waals surface area (Å²) in [5, 5.41) is 3.42. The Morgan fingerprint density at radius 2 is 1.88 bits per heavy atom. The van der Waals surface area contributed by atoms with E-state index in [9.17, 15) is 0 Å². The minimum Gasteiger partial charge on any atom is -0.496 e. The average molecular weight is 336 g/mol. The van der Waals surface area contributed by atoms with Crippen molar-refractivity contribution < 1.29 is 4.74 Å². The number of benzene rings is 1. The molecule has 25 heavy (non-hydrogen) atoms. The number of ether oxygens (including phenoxy) is 1. The molecule has 1 aromatic carbocycles. The predicted octanol–water partition coefficient (Wildman–Crippen LogP) is 2.72. The maximum absolute atomic E-state index is 5.60. The Balaban J connectivity index is 1.88. The lowest BCUT2D eigenvalue weighted by atomic mass is 10.1. The van der Waals surface area contributed by atoms with Gasteiger partial charge >= 0.3 is 0 Å². The van der Waals surface area contributed by atoms with E-state index in [1.807, 2.05) is 18.2 Å². The van der Waals surface area contributed by atoms with Gasteiger partial charge in [-0.3, -0.25) is 9.30 Å². The third kappa shape index (κ3) is 3.01. The molecule has 4 rings (SSSR count). The molecular weight excluding hydrogens is 312 g/mol. The Morgan fingerprint density at radius 3 is 2.68 bits per heavy atom. The van der Waals surface area contributed by atoms with Crippen molar-refractivity contribution in [3.05, 3.63) is 53.9 Å². The summed E-state index contributed by atoms with van der Waals surface area (Å²) in [7, 11) is 1.72. The monoisotopic (exact) mass is 336 g/mol. The van der Waals surface area contributed by atoms with Gasteiger partial charge in [-0.05, 0) is 31.2 Å². The van der Waals surface area contributed by atoms with Crippen LogP contribution in [-0.4, -0.2) is 47.6 Å². The Morgan fingerprint density at radius 1 is 1.08 bits per heavy atom. The zero-order valence-corrected chi connectivity index (χ0v) is 14.8. The van der Waals surface area contributed by atoms with E-state index in [1.165, 1.54) is 11.4 Å². The molecule has 0 aliphatic carbocycles. The summed E-state index contributed by atoms with van der Waals surface area (Å²) in [6.07, 6.45) is 0. The second kappa shape index (κ2) is 6.86. The van der Waals surface area contributed by atoms with Crippen molar-refractivity contribution in [2.45, 2.75) is 13.5 Å². The van der Waals surface area contributed by atoms with E-state index in [0.717, 1.165) is 55.4 Å². The standard InChI is InChI=1S/C20H24N4O/c1-15-6-5-9-19-22-20(16-7-3-4-8-18(16)25-2)17(24(15)19)14-23-12-10-21-11-13-23/h3-9,21H,10-14H2,1-2H3. The molecule has 1 saturated heterocycles. The Kier molecular flexibility index (Phi) is 4.42. The molecule has 3 aromatic rings. The Labute approximate surface area is 148 Å². The number of imidazole rings is 1. The number of aromatic nitrogens is 2. The number of fused-ring (bicyclic) bond motifs is 1. The fraction of sp³-hybridized carbons (Fsp3) is 0.350. The lowest BCUT2D eigenvalue weighted by Crippen LogP contribution is -2.43. The van der Waals surface area contributed by atoms with Crippen LogP contribution >= 0.6 is 0 Å². The highest BCUT2D eigenvalue weighted by Gasteiger charge is 2.21. The van der Waals surface area contributed by atoms with Crippen LogP contribution in [0.2, 0.25) is 0 Å². The van der Waals surface area contributed by atoms with E-state index < -0.39 is 0 Å². The molecule has 0 spiro atoms. The van der Waals surface area contributed by atoms with Crippen LogP contribution < -0.4 is 10.1 Å². The molecular formula is C20H24N4O. The number of piperazine rings is 1. The fourth-order valence-electron chi connectivity index (χ4n) is 3.61. The van der Waals surface area contributed by atoms with Crippen LogP contribution in [0.5, 0.6) is 5.75 Å². The van der Waals surface area contributed by atoms with Gasteiger partial charge in [0, 0.05) is 44.0 Å². The third-order valence-electron chi connectivity index (χ3n) is 4.88. The lowest BCUT2D eigenvalue weighted by molar-refractivity contribution is 0.230. The van der Waals surface area contributed by atoms with Crippen molar-refractivity contribution in [1.82, 2.24) is 19.6 Å². The van der Waals surface area contributed by atoms with Gasteiger partial charge in [-0.1, -0.05) is 18.2 Å². The second-order valence-corrected chi connectivity index (χ2v) is 6.49. The predicted molar refractivity (Wildman–Crippen MR) is 100 cm³/mol. The molecule has 1 aliphatic heterocycles. The van der Waals surface area contributed by atoms with Crippen molar-refractivity contribution in [3.8, 4) is 17.0 Å². The molecule has 2 aromatic heterocycles. The maximum atomic E-state index is 5.60. The van der Waals surface area contributed by atoms with Gasteiger partial charge in [0.1, 0.15) is 11.4 Å². The smallest absolute Gasteiger partial charge is 0.137 e. The summed E-state index contributed by atoms with van der Waals surface area (Å²) in [5.74, 6) is 0.866. The summed E-state index contributed by atoms with van der Waals surface area (Å²) < 4.78 is 7.88. The maximum Gasteiger partial charge on any atom is 0.137 e. The van der Waals surface area contributed by atoms with Crippen LogP contribution in [0, 0.1) is 6.92 Å². The zero-order valence-electron chi connectivity index (χ0n) is 14.8. The summed E-state index contributed by atoms with van der Waals surface area (Å²) in [6.45, 7) is 7.23. The van der Waals surface area contributed by atoms with Crippen molar-refractivity contribution in [3.63, 3.8) is 0 Å². The van der Waals surface area contributed by atoms with E-state index in [1.54, 1.807) is 7.11 Å². The first-order valence-electron chi connectivity index (χ1n) is 8.81. The Bertz CT molecular complexity index is 881. The van der Waals surface area contributed by atoms with E-state index in [2.05, 4.69) is 45.8 Å². The SMILES string of the molecule is COc1ccccc1-c1nc2cccc(C)n2c1CN1CCNCC1. The van der Waals surface area contributed by atoms with E-state index in [0.29, 0.717) is 0 Å². The number of aryl methyl sites for hydroxylation is 1. The molecule has 0 bridgehead atoms. The van der Waals surface area contributed by atoms with Crippen LogP contribution in [0.25, 0.3) is 16.9 Å². The molecule has 0 radical (unpaired) electrons. The molecule has 0 saturated carbocycles. The molecule has 0 amide bonds. The number of nitrogens with zero attached hydrogens (tertiary/aromatic N) is 3. The van der Waals surface area contributed by atoms with E-state index in [4.69, 9.17) is 9.72 Å². The van der Waals surface area contributed by atoms with Crippen LogP contribution in [0.3, 0.4) is 0 Å². The number of nitrogens with one attached hydrogen (secondary N) is 1. The van der Waals surface area contributed by atoms with Gasteiger partial charge in [0.2, 0.25) is 0 Å². The molecule has 3 heterocycles. The molecule has 1 N–H and O–H groups in total. The van der Waals surface area contributed by atoms with Crippen LogP contribution in [0.4, 0.5) is 0 Å². The number of para-hydroxylation sites is 1. The molecule has 130 valence electrons. The van der Waals surface area contributed by atoms with Crippen molar-refractivity contribution in [1.29, 1.82) is 0 Å². The molecule has 1 fully saturated rings. The number of methoxy groups -OCH3 is 1. The molecule has 5 heteroatoms. The third-order valence-corrected chi connectivity index (χ3v) is 4.88. The van der Waals surface area contributed by atoms with Crippen LogP contribution in [0.15, 0.2) is 42.5 Å². The number of hydrogen-bond donors (Lipinski definition) is 1. The van der Waals surface area contributed by atoms with Gasteiger partial charge in [-0.15, -0.1) is 0 Å². The number of hydrogen-bond acceptors (Lipinski definition) is 4. The first-order valence-corrected chi connectivity index (χ1v) is 8.81. The number of pyridine rings is 1. The highest BCUT2D eigenvalue weighted by atomic mass is 16.5. The van der Waals surface area contributed by atoms with E-state index >= 15 is 0 Å². The summed E-state index contributed by atoms with van der Waals surface area (Å²) in [5.41, 5.74) is 5.50. The minimum absolute atomic E-state index is 0.866. The van der Waals surface area contributed by atoms with E-state index in [-0.39, 0.29) is 0 Å². The van der Waals surface area contributed by atoms with Gasteiger partial charge in [-0.25, -0.2) is 4.98 Å². The van der Waals surface area contributed by atoms with Gasteiger partial charge in [0.15, 0.2) is 0 Å². The van der Waals surface area contributed by atoms with Crippen molar-refractivity contribution in [2.75, 3.05) is 33.3 Å². The lowest BCUT2D eigenvalue weighted by Gasteiger charge is -2.27. The quantitative estimate of drug-likeness (QED) is 0.795. The van der Waals surface area contributed by atoms with Crippen molar-refractivity contribution in [2.24, 2.45) is 0 Å². The minimum atomic E-state index is 0.866. The van der Waals surface area contributed by atoms with Gasteiger partial charge in [0.05, 0.1) is 18.5 Å². The first kappa shape index (κ1) is 16.1. The van der Waals surface area contributed by atoms with Gasteiger partial charge in [0.25, 0.3) is 0 Å². The Hall–Kier alpha value is -2.37. The average Bonchev–Trinajstić information content (AvgIpc) is 3.02. The second-order valence-electron chi connectivity index (χ2n) is 6.49. The fourth-order valence-corrected chi connectivity index (χ4v) is 3.61. The molecule has 5 nitrogen and oxygen atoms in total. The largest absolute Gasteiger partial charge is 0.496 e. The van der Waals surface area contributed by atoms with Crippen LogP contribution in [0.1, 0.15) is 11.4 Å². The highest BCUT2D eigenvalue weighted by molar-refractivity contribution is 5.72. The van der Waals surface area contributed by atoms with Gasteiger partial charge in [-0.2, -0.15) is 0 Å².